The van der Waals surface area contributed by atoms with Crippen molar-refractivity contribution in [3.8, 4) is 5.75 Å². The molecule has 1 aliphatic carbocycles. The highest BCUT2D eigenvalue weighted by atomic mass is 32.2. The topological polar surface area (TPSA) is 115 Å². The first-order valence-electron chi connectivity index (χ1n) is 15.4. The number of hydrogen-bond acceptors (Lipinski definition) is 5. The van der Waals surface area contributed by atoms with E-state index in [1.54, 1.807) is 12.1 Å². The standard InChI is InChI=1S/C35H30F6N2O6S/c36-26-9-5-4-8-23(26)18-42(50(48,49)34-32(40)30(38)29(37)31(39)33(34)41)19-28(45)43(24-14-15-25(35(46)47)27(44)16-24)17-20-10-12-22(13-11-20)21-6-2-1-3-7-21/h4-5,8-16,21,44H,1-3,6-7,17-19H2,(H,46,47). The first-order chi connectivity index (χ1) is 23.7. The Morgan fingerprint density at radius 1 is 0.760 bits per heavy atom. The van der Waals surface area contributed by atoms with Gasteiger partial charge < -0.3 is 15.1 Å². The van der Waals surface area contributed by atoms with Gasteiger partial charge in [0.05, 0.1) is 13.1 Å². The molecule has 0 spiro atoms. The Hall–Kier alpha value is -4.89. The van der Waals surface area contributed by atoms with E-state index in [4.69, 9.17) is 0 Å². The van der Waals surface area contributed by atoms with Gasteiger partial charge in [-0.3, -0.25) is 4.79 Å². The van der Waals surface area contributed by atoms with E-state index in [0.29, 0.717) is 11.5 Å². The molecule has 0 unspecified atom stereocenters. The van der Waals surface area contributed by atoms with Gasteiger partial charge >= 0.3 is 5.97 Å². The molecule has 50 heavy (non-hydrogen) atoms. The number of nitrogens with zero attached hydrogens (tertiary/aromatic N) is 2. The number of carboxylic acid groups (broad SMARTS) is 1. The van der Waals surface area contributed by atoms with Crippen molar-refractivity contribution in [1.29, 1.82) is 0 Å². The molecule has 4 aromatic rings. The fraction of sp³-hybridized carbons (Fsp3) is 0.257. The molecule has 0 aliphatic heterocycles. The fourth-order valence-electron chi connectivity index (χ4n) is 5.92. The third kappa shape index (κ3) is 7.48. The van der Waals surface area contributed by atoms with Crippen LogP contribution in [0.2, 0.25) is 0 Å². The molecular formula is C35H30F6N2O6S. The molecule has 2 N–H and O–H groups in total. The number of rotatable bonds is 11. The van der Waals surface area contributed by atoms with Crippen LogP contribution in [-0.4, -0.2) is 41.4 Å². The number of phenols is 1. The lowest BCUT2D eigenvalue weighted by Gasteiger charge is -2.28. The smallest absolute Gasteiger partial charge is 0.339 e. The van der Waals surface area contributed by atoms with Crippen LogP contribution in [0, 0.1) is 34.9 Å². The molecule has 0 radical (unpaired) electrons. The van der Waals surface area contributed by atoms with E-state index in [-0.39, 0.29) is 16.5 Å². The van der Waals surface area contributed by atoms with E-state index in [1.165, 1.54) is 12.1 Å². The van der Waals surface area contributed by atoms with Crippen molar-refractivity contribution in [2.24, 2.45) is 0 Å². The third-order valence-corrected chi connectivity index (χ3v) is 10.4. The lowest BCUT2D eigenvalue weighted by molar-refractivity contribution is -0.119. The zero-order valence-corrected chi connectivity index (χ0v) is 27.0. The van der Waals surface area contributed by atoms with Crippen LogP contribution in [0.5, 0.6) is 5.75 Å². The summed E-state index contributed by atoms with van der Waals surface area (Å²) in [7, 11) is -5.77. The first kappa shape index (κ1) is 36.4. The highest BCUT2D eigenvalue weighted by Gasteiger charge is 2.39. The van der Waals surface area contributed by atoms with Crippen LogP contribution in [0.25, 0.3) is 0 Å². The number of hydrogen-bond donors (Lipinski definition) is 2. The van der Waals surface area contributed by atoms with Crippen LogP contribution in [-0.2, 0) is 27.9 Å². The van der Waals surface area contributed by atoms with Crippen molar-refractivity contribution in [3.63, 3.8) is 0 Å². The maximum Gasteiger partial charge on any atom is 0.339 e. The molecule has 1 fully saturated rings. The number of sulfonamides is 1. The summed E-state index contributed by atoms with van der Waals surface area (Å²) in [5.74, 6) is -17.1. The molecule has 4 aromatic carbocycles. The summed E-state index contributed by atoms with van der Waals surface area (Å²) in [6.07, 6.45) is 5.33. The molecule has 0 aromatic heterocycles. The van der Waals surface area contributed by atoms with Crippen LogP contribution in [0.3, 0.4) is 0 Å². The van der Waals surface area contributed by atoms with Gasteiger partial charge in [-0.15, -0.1) is 0 Å². The zero-order chi connectivity index (χ0) is 36.3. The molecular weight excluding hydrogens is 690 g/mol. The van der Waals surface area contributed by atoms with Crippen molar-refractivity contribution in [1.82, 2.24) is 4.31 Å². The molecule has 0 heterocycles. The SMILES string of the molecule is O=C(O)c1ccc(N(Cc2ccc(C3CCCCC3)cc2)C(=O)CN(Cc2ccccc2F)S(=O)(=O)c2c(F)c(F)c(F)c(F)c2F)cc1O. The number of carbonyl (C=O) groups is 2. The summed E-state index contributed by atoms with van der Waals surface area (Å²) in [6, 6.07) is 14.8. The number of anilines is 1. The Morgan fingerprint density at radius 3 is 1.94 bits per heavy atom. The second kappa shape index (κ2) is 14.9. The Labute approximate surface area is 283 Å². The van der Waals surface area contributed by atoms with Crippen LogP contribution in [0.4, 0.5) is 32.0 Å². The molecule has 0 atom stereocenters. The van der Waals surface area contributed by atoms with Gasteiger partial charge in [0.1, 0.15) is 17.1 Å². The predicted octanol–water partition coefficient (Wildman–Crippen LogP) is 7.40. The van der Waals surface area contributed by atoms with Crippen molar-refractivity contribution >= 4 is 27.6 Å². The summed E-state index contributed by atoms with van der Waals surface area (Å²) < 4.78 is 114. The molecule has 15 heteroatoms. The van der Waals surface area contributed by atoms with E-state index >= 15 is 0 Å². The van der Waals surface area contributed by atoms with E-state index in [1.807, 2.05) is 12.1 Å². The number of aromatic hydroxyl groups is 1. The van der Waals surface area contributed by atoms with Gasteiger partial charge in [0.15, 0.2) is 28.2 Å². The summed E-state index contributed by atoms with van der Waals surface area (Å²) in [5, 5.41) is 19.8. The quantitative estimate of drug-likeness (QED) is 0.0949. The molecule has 1 amide bonds. The van der Waals surface area contributed by atoms with Gasteiger partial charge in [0, 0.05) is 23.9 Å². The van der Waals surface area contributed by atoms with Gasteiger partial charge in [-0.05, 0) is 48.1 Å². The molecule has 5 rings (SSSR count). The predicted molar refractivity (Wildman–Crippen MR) is 169 cm³/mol. The summed E-state index contributed by atoms with van der Waals surface area (Å²) >= 11 is 0. The molecule has 1 aliphatic rings. The Balaban J connectivity index is 1.57. The lowest BCUT2D eigenvalue weighted by Crippen LogP contribution is -2.43. The third-order valence-electron chi connectivity index (χ3n) is 8.60. The lowest BCUT2D eigenvalue weighted by atomic mass is 9.84. The maximum absolute atomic E-state index is 14.9. The summed E-state index contributed by atoms with van der Waals surface area (Å²) in [5.41, 5.74) is 0.519. The average Bonchev–Trinajstić information content (AvgIpc) is 3.09. The Bertz CT molecular complexity index is 2010. The van der Waals surface area contributed by atoms with Gasteiger partial charge in [0.2, 0.25) is 21.7 Å². The molecule has 0 bridgehead atoms. The van der Waals surface area contributed by atoms with Gasteiger partial charge in [-0.2, -0.15) is 4.31 Å². The molecule has 0 saturated heterocycles. The monoisotopic (exact) mass is 720 g/mol. The highest BCUT2D eigenvalue weighted by Crippen LogP contribution is 2.34. The number of benzene rings is 4. The fourth-order valence-corrected chi connectivity index (χ4v) is 7.40. The highest BCUT2D eigenvalue weighted by molar-refractivity contribution is 7.89. The van der Waals surface area contributed by atoms with Gasteiger partial charge in [-0.1, -0.05) is 61.7 Å². The van der Waals surface area contributed by atoms with Crippen molar-refractivity contribution in [2.75, 3.05) is 11.4 Å². The largest absolute Gasteiger partial charge is 0.507 e. The maximum atomic E-state index is 14.9. The minimum atomic E-state index is -5.77. The number of halogens is 6. The molecule has 1 saturated carbocycles. The van der Waals surface area contributed by atoms with Gasteiger partial charge in [0.25, 0.3) is 0 Å². The second-order valence-corrected chi connectivity index (χ2v) is 13.7. The van der Waals surface area contributed by atoms with Crippen molar-refractivity contribution < 1.29 is 54.6 Å². The zero-order valence-electron chi connectivity index (χ0n) is 26.2. The Morgan fingerprint density at radius 2 is 1.36 bits per heavy atom. The van der Waals surface area contributed by atoms with Crippen LogP contribution in [0.1, 0.15) is 65.1 Å². The van der Waals surface area contributed by atoms with Crippen molar-refractivity contribution in [3.05, 3.63) is 124 Å². The number of carbonyl (C=O) groups excluding carboxylic acids is 1. The van der Waals surface area contributed by atoms with Crippen LogP contribution >= 0.6 is 0 Å². The van der Waals surface area contributed by atoms with E-state index in [0.717, 1.165) is 72.9 Å². The summed E-state index contributed by atoms with van der Waals surface area (Å²) in [4.78, 5) is 24.3. The molecule has 264 valence electrons. The second-order valence-electron chi connectivity index (χ2n) is 11.8. The number of amides is 1. The van der Waals surface area contributed by atoms with Gasteiger partial charge in [-0.25, -0.2) is 39.6 Å². The normalized spacial score (nSPS) is 13.8. The minimum Gasteiger partial charge on any atom is -0.507 e. The minimum absolute atomic E-state index is 0.0661. The Kier molecular flexibility index (Phi) is 10.9. The van der Waals surface area contributed by atoms with Crippen molar-refractivity contribution in [2.45, 2.75) is 56.0 Å². The number of carboxylic acids is 1. The first-order valence-corrected chi connectivity index (χ1v) is 16.8. The van der Waals surface area contributed by atoms with Crippen LogP contribution < -0.4 is 4.90 Å². The van der Waals surface area contributed by atoms with E-state index in [2.05, 4.69) is 0 Å². The van der Waals surface area contributed by atoms with E-state index < -0.39 is 91.7 Å². The molecule has 8 nitrogen and oxygen atoms in total. The summed E-state index contributed by atoms with van der Waals surface area (Å²) in [6.45, 7) is -2.70. The number of aromatic carboxylic acids is 1. The van der Waals surface area contributed by atoms with Crippen LogP contribution in [0.15, 0.2) is 71.6 Å². The average molecular weight is 721 g/mol. The van der Waals surface area contributed by atoms with E-state index in [9.17, 15) is 54.6 Å².